The maximum absolute atomic E-state index is 12.5. The molecule has 8 heteroatoms. The Hall–Kier alpha value is -2.87. The van der Waals surface area contributed by atoms with Crippen molar-refractivity contribution in [3.8, 4) is 0 Å². The van der Waals surface area contributed by atoms with E-state index in [2.05, 4.69) is 9.46 Å². The highest BCUT2D eigenvalue weighted by Gasteiger charge is 2.19. The zero-order valence-electron chi connectivity index (χ0n) is 12.9. The van der Waals surface area contributed by atoms with E-state index < -0.39 is 22.0 Å². The summed E-state index contributed by atoms with van der Waals surface area (Å²) < 4.78 is 32.0. The fraction of sp³-hybridized carbons (Fsp3) is 0.125. The number of carboxylic acids is 1. The number of aryl methyl sites for hydroxylation is 1. The van der Waals surface area contributed by atoms with Crippen molar-refractivity contribution in [1.29, 1.82) is 0 Å². The van der Waals surface area contributed by atoms with Crippen molar-refractivity contribution in [3.63, 3.8) is 0 Å². The molecular weight excluding hydrogens is 334 g/mol. The Kier molecular flexibility index (Phi) is 4.89. The van der Waals surface area contributed by atoms with Gasteiger partial charge in [-0.25, -0.2) is 18.0 Å². The van der Waals surface area contributed by atoms with Gasteiger partial charge in [0.05, 0.1) is 23.1 Å². The molecule has 0 fully saturated rings. The SMILES string of the molecule is COC(=O)c1ccc(C)c(S(=O)(=O)Nc2ccc(C(=O)O)cc2)c1. The van der Waals surface area contributed by atoms with Crippen LogP contribution in [-0.2, 0) is 14.8 Å². The van der Waals surface area contributed by atoms with Gasteiger partial charge in [-0.15, -0.1) is 0 Å². The summed E-state index contributed by atoms with van der Waals surface area (Å²) in [7, 11) is -2.74. The predicted octanol–water partition coefficient (Wildman–Crippen LogP) is 2.28. The topological polar surface area (TPSA) is 110 Å². The number of sulfonamides is 1. The number of ether oxygens (including phenoxy) is 1. The van der Waals surface area contributed by atoms with Crippen LogP contribution in [0.4, 0.5) is 5.69 Å². The first-order valence-electron chi connectivity index (χ1n) is 6.80. The molecule has 0 radical (unpaired) electrons. The summed E-state index contributed by atoms with van der Waals surface area (Å²) in [5, 5.41) is 8.85. The molecule has 0 unspecified atom stereocenters. The lowest BCUT2D eigenvalue weighted by Gasteiger charge is -2.11. The summed E-state index contributed by atoms with van der Waals surface area (Å²) >= 11 is 0. The second-order valence-electron chi connectivity index (χ2n) is 4.96. The number of rotatable bonds is 5. The molecular formula is C16H15NO6S. The van der Waals surface area contributed by atoms with E-state index in [9.17, 15) is 18.0 Å². The van der Waals surface area contributed by atoms with Gasteiger partial charge in [-0.1, -0.05) is 6.07 Å². The van der Waals surface area contributed by atoms with Crippen molar-refractivity contribution < 1.29 is 27.9 Å². The molecule has 0 aliphatic heterocycles. The highest BCUT2D eigenvalue weighted by molar-refractivity contribution is 7.92. The van der Waals surface area contributed by atoms with Gasteiger partial charge in [0.25, 0.3) is 10.0 Å². The third-order valence-electron chi connectivity index (χ3n) is 3.28. The van der Waals surface area contributed by atoms with Crippen LogP contribution >= 0.6 is 0 Å². The number of benzene rings is 2. The average Bonchev–Trinajstić information content (AvgIpc) is 2.54. The number of methoxy groups -OCH3 is 1. The standard InChI is InChI=1S/C16H15NO6S/c1-10-3-4-12(16(20)23-2)9-14(10)24(21,22)17-13-7-5-11(6-8-13)15(18)19/h3-9,17H,1-2H3,(H,18,19). The molecule has 0 aromatic heterocycles. The Morgan fingerprint density at radius 3 is 2.17 bits per heavy atom. The number of esters is 1. The summed E-state index contributed by atoms with van der Waals surface area (Å²) in [6.07, 6.45) is 0. The number of anilines is 1. The molecule has 0 aliphatic carbocycles. The molecule has 0 amide bonds. The smallest absolute Gasteiger partial charge is 0.337 e. The van der Waals surface area contributed by atoms with E-state index >= 15 is 0 Å². The highest BCUT2D eigenvalue weighted by Crippen LogP contribution is 2.21. The number of aromatic carboxylic acids is 1. The van der Waals surface area contributed by atoms with E-state index in [0.29, 0.717) is 5.56 Å². The minimum Gasteiger partial charge on any atom is -0.478 e. The monoisotopic (exact) mass is 349 g/mol. The van der Waals surface area contributed by atoms with Crippen LogP contribution in [0.3, 0.4) is 0 Å². The first kappa shape index (κ1) is 17.5. The normalized spacial score (nSPS) is 10.9. The molecule has 7 nitrogen and oxygen atoms in total. The van der Waals surface area contributed by atoms with Gasteiger partial charge in [0.2, 0.25) is 0 Å². The summed E-state index contributed by atoms with van der Waals surface area (Å²) in [5.74, 6) is -1.75. The largest absolute Gasteiger partial charge is 0.478 e. The van der Waals surface area contributed by atoms with Crippen LogP contribution in [0.2, 0.25) is 0 Å². The summed E-state index contributed by atoms with van der Waals surface area (Å²) in [6, 6.07) is 9.49. The first-order chi connectivity index (χ1) is 11.2. The molecule has 0 saturated heterocycles. The maximum Gasteiger partial charge on any atom is 0.337 e. The molecule has 0 bridgehead atoms. The van der Waals surface area contributed by atoms with Gasteiger partial charge >= 0.3 is 11.9 Å². The van der Waals surface area contributed by atoms with Crippen LogP contribution < -0.4 is 4.72 Å². The van der Waals surface area contributed by atoms with Crippen molar-refractivity contribution >= 4 is 27.6 Å². The lowest BCUT2D eigenvalue weighted by atomic mass is 10.1. The van der Waals surface area contributed by atoms with Crippen molar-refractivity contribution in [1.82, 2.24) is 0 Å². The fourth-order valence-electron chi connectivity index (χ4n) is 2.03. The first-order valence-corrected chi connectivity index (χ1v) is 8.28. The van der Waals surface area contributed by atoms with Gasteiger partial charge in [-0.05, 0) is 48.9 Å². The fourth-order valence-corrected chi connectivity index (χ4v) is 3.36. The van der Waals surface area contributed by atoms with Crippen LogP contribution in [0, 0.1) is 6.92 Å². The lowest BCUT2D eigenvalue weighted by Crippen LogP contribution is -2.15. The molecule has 2 aromatic carbocycles. The Bertz CT molecular complexity index is 887. The number of hydrogen-bond donors (Lipinski definition) is 2. The number of carbonyl (C=O) groups excluding carboxylic acids is 1. The van der Waals surface area contributed by atoms with Crippen LogP contribution in [0.5, 0.6) is 0 Å². The minimum absolute atomic E-state index is 0.0433. The van der Waals surface area contributed by atoms with Crippen LogP contribution in [0.15, 0.2) is 47.4 Å². The highest BCUT2D eigenvalue weighted by atomic mass is 32.2. The zero-order valence-corrected chi connectivity index (χ0v) is 13.8. The molecule has 0 aliphatic rings. The van der Waals surface area contributed by atoms with E-state index in [1.807, 2.05) is 0 Å². The molecule has 2 N–H and O–H groups in total. The van der Waals surface area contributed by atoms with Gasteiger partial charge in [0.15, 0.2) is 0 Å². The number of carboxylic acid groups (broad SMARTS) is 1. The van der Waals surface area contributed by atoms with Gasteiger partial charge < -0.3 is 9.84 Å². The Morgan fingerprint density at radius 2 is 1.62 bits per heavy atom. The molecule has 2 rings (SSSR count). The van der Waals surface area contributed by atoms with Crippen molar-refractivity contribution in [3.05, 3.63) is 59.2 Å². The number of hydrogen-bond acceptors (Lipinski definition) is 5. The second kappa shape index (κ2) is 6.71. The van der Waals surface area contributed by atoms with Crippen molar-refractivity contribution in [2.45, 2.75) is 11.8 Å². The summed E-state index contributed by atoms with van der Waals surface area (Å²) in [6.45, 7) is 1.60. The molecule has 2 aromatic rings. The molecule has 0 saturated carbocycles. The van der Waals surface area contributed by atoms with Crippen molar-refractivity contribution in [2.75, 3.05) is 11.8 Å². The Labute approximate surface area is 138 Å². The van der Waals surface area contributed by atoms with Crippen molar-refractivity contribution in [2.24, 2.45) is 0 Å². The summed E-state index contributed by atoms with van der Waals surface area (Å²) in [4.78, 5) is 22.3. The average molecular weight is 349 g/mol. The predicted molar refractivity (Wildman–Crippen MR) is 86.7 cm³/mol. The number of carbonyl (C=O) groups is 2. The molecule has 0 heterocycles. The van der Waals surface area contributed by atoms with Gasteiger partial charge in [-0.2, -0.15) is 0 Å². The quantitative estimate of drug-likeness (QED) is 0.802. The Balaban J connectivity index is 2.36. The molecule has 0 spiro atoms. The molecule has 0 atom stereocenters. The van der Waals surface area contributed by atoms with Gasteiger partial charge in [0.1, 0.15) is 0 Å². The Morgan fingerprint density at radius 1 is 1.04 bits per heavy atom. The maximum atomic E-state index is 12.5. The van der Waals surface area contributed by atoms with E-state index in [0.717, 1.165) is 0 Å². The van der Waals surface area contributed by atoms with E-state index in [4.69, 9.17) is 5.11 Å². The second-order valence-corrected chi connectivity index (χ2v) is 6.61. The van der Waals surface area contributed by atoms with Crippen LogP contribution in [0.1, 0.15) is 26.3 Å². The van der Waals surface area contributed by atoms with E-state index in [1.54, 1.807) is 6.92 Å². The zero-order chi connectivity index (χ0) is 17.9. The third-order valence-corrected chi connectivity index (χ3v) is 4.81. The van der Waals surface area contributed by atoms with Gasteiger partial charge in [0, 0.05) is 5.69 Å². The van der Waals surface area contributed by atoms with Gasteiger partial charge in [-0.3, -0.25) is 4.72 Å². The lowest BCUT2D eigenvalue weighted by molar-refractivity contribution is 0.0599. The minimum atomic E-state index is -3.95. The molecule has 126 valence electrons. The molecule has 24 heavy (non-hydrogen) atoms. The summed E-state index contributed by atoms with van der Waals surface area (Å²) in [5.41, 5.74) is 0.826. The number of nitrogens with one attached hydrogen (secondary N) is 1. The van der Waals surface area contributed by atoms with Crippen LogP contribution in [0.25, 0.3) is 0 Å². The third kappa shape index (κ3) is 3.72. The van der Waals surface area contributed by atoms with Crippen LogP contribution in [-0.4, -0.2) is 32.6 Å². The van der Waals surface area contributed by atoms with E-state index in [-0.39, 0.29) is 21.7 Å². The van der Waals surface area contributed by atoms with E-state index in [1.165, 1.54) is 49.6 Å².